The lowest BCUT2D eigenvalue weighted by Gasteiger charge is -2.16. The Morgan fingerprint density at radius 2 is 2.12 bits per heavy atom. The van der Waals surface area contributed by atoms with Gasteiger partial charge in [-0.2, -0.15) is 0 Å². The third kappa shape index (κ3) is 3.67. The van der Waals surface area contributed by atoms with Gasteiger partial charge in [-0.25, -0.2) is 0 Å². The molecule has 1 aromatic carbocycles. The molecule has 17 heavy (non-hydrogen) atoms. The number of likely N-dealkylation sites (N-methyl/N-ethyl adjacent to an activating group) is 1. The standard InChI is InChI=1S/C11H15N3O3/c1-14(7-10(12)13-17)11(16)6-8-4-2-3-5-9(8)15/h2-5,15,17H,6-7H2,1H3,(H2,12,13). The van der Waals surface area contributed by atoms with E-state index in [4.69, 9.17) is 10.9 Å². The van der Waals surface area contributed by atoms with Crippen molar-refractivity contribution in [3.63, 3.8) is 0 Å². The van der Waals surface area contributed by atoms with Crippen LogP contribution in [0.1, 0.15) is 5.56 Å². The summed E-state index contributed by atoms with van der Waals surface area (Å²) in [5.41, 5.74) is 5.84. The third-order valence-electron chi connectivity index (χ3n) is 2.29. The minimum atomic E-state index is -0.224. The second-order valence-corrected chi connectivity index (χ2v) is 3.65. The van der Waals surface area contributed by atoms with Crippen LogP contribution in [0.3, 0.4) is 0 Å². The number of nitrogens with zero attached hydrogens (tertiary/aromatic N) is 2. The molecule has 0 aliphatic carbocycles. The van der Waals surface area contributed by atoms with Crippen molar-refractivity contribution in [3.8, 4) is 5.75 Å². The van der Waals surface area contributed by atoms with E-state index in [1.807, 2.05) is 0 Å². The number of hydrogen-bond acceptors (Lipinski definition) is 4. The Balaban J connectivity index is 2.64. The first-order chi connectivity index (χ1) is 8.04. The van der Waals surface area contributed by atoms with Crippen LogP contribution in [0.25, 0.3) is 0 Å². The molecule has 0 aliphatic rings. The number of amides is 1. The molecule has 0 saturated heterocycles. The SMILES string of the molecule is CN(C/C(N)=N/O)C(=O)Cc1ccccc1O. The molecule has 1 rings (SSSR count). The van der Waals surface area contributed by atoms with E-state index in [0.717, 1.165) is 0 Å². The van der Waals surface area contributed by atoms with Gasteiger partial charge in [0.05, 0.1) is 13.0 Å². The van der Waals surface area contributed by atoms with E-state index in [-0.39, 0.29) is 30.5 Å². The van der Waals surface area contributed by atoms with Gasteiger partial charge >= 0.3 is 0 Å². The topological polar surface area (TPSA) is 99.1 Å². The van der Waals surface area contributed by atoms with Crippen molar-refractivity contribution in [3.05, 3.63) is 29.8 Å². The molecule has 0 aliphatic heterocycles. The number of aromatic hydroxyl groups is 1. The van der Waals surface area contributed by atoms with Gasteiger partial charge in [-0.3, -0.25) is 4.79 Å². The molecule has 0 atom stereocenters. The van der Waals surface area contributed by atoms with Crippen molar-refractivity contribution in [1.29, 1.82) is 0 Å². The van der Waals surface area contributed by atoms with E-state index < -0.39 is 0 Å². The Kier molecular flexibility index (Phi) is 4.33. The Morgan fingerprint density at radius 3 is 2.71 bits per heavy atom. The highest BCUT2D eigenvalue weighted by Crippen LogP contribution is 2.16. The zero-order valence-corrected chi connectivity index (χ0v) is 9.50. The maximum Gasteiger partial charge on any atom is 0.227 e. The fraction of sp³-hybridized carbons (Fsp3) is 0.273. The highest BCUT2D eigenvalue weighted by molar-refractivity contribution is 5.87. The predicted octanol–water partition coefficient (Wildman–Crippen LogP) is 0.140. The van der Waals surface area contributed by atoms with Crippen LogP contribution < -0.4 is 5.73 Å². The van der Waals surface area contributed by atoms with E-state index >= 15 is 0 Å². The normalized spacial score (nSPS) is 11.2. The fourth-order valence-corrected chi connectivity index (χ4v) is 1.32. The van der Waals surface area contributed by atoms with E-state index in [1.165, 1.54) is 11.0 Å². The molecule has 0 heterocycles. The first-order valence-electron chi connectivity index (χ1n) is 5.02. The number of amidine groups is 1. The number of phenols is 1. The number of phenolic OH excluding ortho intramolecular Hbond substituents is 1. The number of para-hydroxylation sites is 1. The van der Waals surface area contributed by atoms with Crippen molar-refractivity contribution < 1.29 is 15.1 Å². The van der Waals surface area contributed by atoms with Crippen LogP contribution in [0.15, 0.2) is 29.4 Å². The Bertz CT molecular complexity index is 432. The first-order valence-corrected chi connectivity index (χ1v) is 5.02. The summed E-state index contributed by atoms with van der Waals surface area (Å²) < 4.78 is 0. The zero-order valence-electron chi connectivity index (χ0n) is 9.50. The van der Waals surface area contributed by atoms with E-state index in [2.05, 4.69) is 5.16 Å². The summed E-state index contributed by atoms with van der Waals surface area (Å²) in [6.07, 6.45) is 0.0713. The van der Waals surface area contributed by atoms with Gasteiger partial charge in [-0.1, -0.05) is 23.4 Å². The predicted molar refractivity (Wildman–Crippen MR) is 62.9 cm³/mol. The highest BCUT2D eigenvalue weighted by Gasteiger charge is 2.12. The molecular formula is C11H15N3O3. The van der Waals surface area contributed by atoms with Crippen LogP contribution in [0.4, 0.5) is 0 Å². The highest BCUT2D eigenvalue weighted by atomic mass is 16.4. The van der Waals surface area contributed by atoms with Crippen LogP contribution >= 0.6 is 0 Å². The minimum Gasteiger partial charge on any atom is -0.508 e. The molecule has 6 nitrogen and oxygen atoms in total. The molecule has 0 saturated carbocycles. The fourth-order valence-electron chi connectivity index (χ4n) is 1.32. The average Bonchev–Trinajstić information content (AvgIpc) is 2.31. The number of benzene rings is 1. The number of nitrogens with two attached hydrogens (primary N) is 1. The third-order valence-corrected chi connectivity index (χ3v) is 2.29. The minimum absolute atomic E-state index is 0.0434. The van der Waals surface area contributed by atoms with Crippen molar-refractivity contribution in [2.24, 2.45) is 10.9 Å². The van der Waals surface area contributed by atoms with Crippen LogP contribution in [0.5, 0.6) is 5.75 Å². The van der Waals surface area contributed by atoms with Crippen LogP contribution in [0, 0.1) is 0 Å². The molecule has 0 radical (unpaired) electrons. The second kappa shape index (κ2) is 5.74. The molecule has 0 aromatic heterocycles. The Hall–Kier alpha value is -2.24. The molecule has 1 aromatic rings. The Morgan fingerprint density at radius 1 is 1.47 bits per heavy atom. The summed E-state index contributed by atoms with van der Waals surface area (Å²) in [4.78, 5) is 13.1. The molecule has 0 fully saturated rings. The van der Waals surface area contributed by atoms with Gasteiger partial charge in [0.1, 0.15) is 5.75 Å². The van der Waals surface area contributed by atoms with E-state index in [1.54, 1.807) is 25.2 Å². The monoisotopic (exact) mass is 237 g/mol. The first kappa shape index (κ1) is 12.8. The number of oxime groups is 1. The second-order valence-electron chi connectivity index (χ2n) is 3.65. The lowest BCUT2D eigenvalue weighted by Crippen LogP contribution is -2.36. The number of carbonyl (C=O) groups is 1. The lowest BCUT2D eigenvalue weighted by molar-refractivity contribution is -0.128. The molecule has 0 bridgehead atoms. The van der Waals surface area contributed by atoms with Crippen LogP contribution in [-0.2, 0) is 11.2 Å². The molecule has 4 N–H and O–H groups in total. The maximum absolute atomic E-state index is 11.7. The van der Waals surface area contributed by atoms with Crippen molar-refractivity contribution in [1.82, 2.24) is 4.90 Å². The van der Waals surface area contributed by atoms with E-state index in [0.29, 0.717) is 5.56 Å². The summed E-state index contributed by atoms with van der Waals surface area (Å²) in [5.74, 6) is -0.186. The summed E-state index contributed by atoms with van der Waals surface area (Å²) in [5, 5.41) is 20.7. The summed E-state index contributed by atoms with van der Waals surface area (Å²) in [6, 6.07) is 6.62. The van der Waals surface area contributed by atoms with Gasteiger partial charge < -0.3 is 20.9 Å². The molecule has 0 unspecified atom stereocenters. The smallest absolute Gasteiger partial charge is 0.227 e. The number of hydrogen-bond donors (Lipinski definition) is 3. The molecule has 6 heteroatoms. The van der Waals surface area contributed by atoms with Gasteiger partial charge in [-0.15, -0.1) is 0 Å². The van der Waals surface area contributed by atoms with Crippen molar-refractivity contribution in [2.75, 3.05) is 13.6 Å². The number of rotatable bonds is 4. The summed E-state index contributed by atoms with van der Waals surface area (Å²) >= 11 is 0. The van der Waals surface area contributed by atoms with Gasteiger partial charge in [0.25, 0.3) is 0 Å². The molecule has 92 valence electrons. The largest absolute Gasteiger partial charge is 0.508 e. The molecule has 1 amide bonds. The molecular weight excluding hydrogens is 222 g/mol. The average molecular weight is 237 g/mol. The van der Waals surface area contributed by atoms with Crippen LogP contribution in [0.2, 0.25) is 0 Å². The Labute approximate surface area is 99.0 Å². The van der Waals surface area contributed by atoms with Gasteiger partial charge in [0, 0.05) is 12.6 Å². The van der Waals surface area contributed by atoms with Crippen molar-refractivity contribution in [2.45, 2.75) is 6.42 Å². The van der Waals surface area contributed by atoms with E-state index in [9.17, 15) is 9.90 Å². The van der Waals surface area contributed by atoms with Gasteiger partial charge in [0.2, 0.25) is 5.91 Å². The summed E-state index contributed by atoms with van der Waals surface area (Å²) in [6.45, 7) is 0.0446. The lowest BCUT2D eigenvalue weighted by atomic mass is 10.1. The molecule has 0 spiro atoms. The maximum atomic E-state index is 11.7. The van der Waals surface area contributed by atoms with Crippen LogP contribution in [-0.4, -0.2) is 40.5 Å². The van der Waals surface area contributed by atoms with Crippen molar-refractivity contribution >= 4 is 11.7 Å². The number of carbonyl (C=O) groups excluding carboxylic acids is 1. The van der Waals surface area contributed by atoms with Gasteiger partial charge in [-0.05, 0) is 6.07 Å². The summed E-state index contributed by atoms with van der Waals surface area (Å²) in [7, 11) is 1.54. The zero-order chi connectivity index (χ0) is 12.8. The van der Waals surface area contributed by atoms with Gasteiger partial charge in [0.15, 0.2) is 5.84 Å². The quantitative estimate of drug-likeness (QED) is 0.300.